The van der Waals surface area contributed by atoms with Gasteiger partial charge in [0.25, 0.3) is 0 Å². The fourth-order valence-corrected chi connectivity index (χ4v) is 3.12. The molecule has 0 saturated carbocycles. The molecule has 0 bridgehead atoms. The largest absolute Gasteiger partial charge is 0.352 e. The van der Waals surface area contributed by atoms with Crippen LogP contribution in [0.15, 0.2) is 24.3 Å². The Morgan fingerprint density at radius 1 is 1.26 bits per heavy atom. The lowest BCUT2D eigenvalue weighted by atomic mass is 9.96. The third-order valence-electron chi connectivity index (χ3n) is 4.50. The quantitative estimate of drug-likeness (QED) is 0.874. The zero-order valence-corrected chi connectivity index (χ0v) is 14.2. The molecule has 3 N–H and O–H groups in total. The number of carbonyl (C=O) groups is 2. The maximum atomic E-state index is 12.3. The first kappa shape index (κ1) is 17.3. The van der Waals surface area contributed by atoms with Crippen LogP contribution in [0.2, 0.25) is 0 Å². The minimum Gasteiger partial charge on any atom is -0.352 e. The van der Waals surface area contributed by atoms with Crippen molar-refractivity contribution in [3.05, 3.63) is 35.4 Å². The summed E-state index contributed by atoms with van der Waals surface area (Å²) in [6.07, 6.45) is 1.99. The van der Waals surface area contributed by atoms with Gasteiger partial charge in [-0.1, -0.05) is 38.1 Å². The number of nitrogens with two attached hydrogens (primary N) is 1. The molecular weight excluding hydrogens is 290 g/mol. The van der Waals surface area contributed by atoms with Crippen LogP contribution < -0.4 is 11.1 Å². The van der Waals surface area contributed by atoms with Gasteiger partial charge in [-0.15, -0.1) is 0 Å². The van der Waals surface area contributed by atoms with Crippen molar-refractivity contribution in [3.8, 4) is 0 Å². The molecule has 1 heterocycles. The molecule has 2 atom stereocenters. The van der Waals surface area contributed by atoms with Gasteiger partial charge in [-0.2, -0.15) is 0 Å². The number of amides is 3. The molecule has 0 aromatic heterocycles. The van der Waals surface area contributed by atoms with Crippen LogP contribution in [0.4, 0.5) is 4.79 Å². The average Bonchev–Trinajstić information content (AvgIpc) is 2.94. The van der Waals surface area contributed by atoms with Crippen LogP contribution in [0, 0.1) is 5.92 Å². The number of carbonyl (C=O) groups excluding carboxylic acids is 2. The molecule has 1 aliphatic heterocycles. The molecule has 0 unspecified atom stereocenters. The smallest absolute Gasteiger partial charge is 0.312 e. The van der Waals surface area contributed by atoms with Gasteiger partial charge in [0, 0.05) is 13.1 Å². The lowest BCUT2D eigenvalue weighted by molar-refractivity contribution is -0.131. The summed E-state index contributed by atoms with van der Waals surface area (Å²) in [6.45, 7) is 7.55. The third-order valence-corrected chi connectivity index (χ3v) is 4.50. The zero-order valence-electron chi connectivity index (χ0n) is 14.2. The van der Waals surface area contributed by atoms with Gasteiger partial charge in [0.1, 0.15) is 6.04 Å². The first-order chi connectivity index (χ1) is 10.9. The summed E-state index contributed by atoms with van der Waals surface area (Å²) in [4.78, 5) is 24.9. The Labute approximate surface area is 138 Å². The van der Waals surface area contributed by atoms with Crippen molar-refractivity contribution in [3.63, 3.8) is 0 Å². The summed E-state index contributed by atoms with van der Waals surface area (Å²) in [5.74, 6) is 0.967. The van der Waals surface area contributed by atoms with E-state index in [1.165, 1.54) is 11.1 Å². The van der Waals surface area contributed by atoms with Crippen molar-refractivity contribution in [2.24, 2.45) is 11.7 Å². The van der Waals surface area contributed by atoms with Crippen LogP contribution in [-0.4, -0.2) is 36.0 Å². The Kier molecular flexibility index (Phi) is 5.64. The van der Waals surface area contributed by atoms with Crippen LogP contribution in [0.3, 0.4) is 0 Å². The number of nitrogens with one attached hydrogen (secondary N) is 1. The number of likely N-dealkylation sites (tertiary alicyclic amines) is 1. The highest BCUT2D eigenvalue weighted by Crippen LogP contribution is 2.23. The lowest BCUT2D eigenvalue weighted by Crippen LogP contribution is -2.47. The van der Waals surface area contributed by atoms with Crippen molar-refractivity contribution in [1.29, 1.82) is 0 Å². The normalized spacial score (nSPS) is 19.0. The van der Waals surface area contributed by atoms with E-state index < -0.39 is 12.1 Å². The fraction of sp³-hybridized carbons (Fsp3) is 0.556. The summed E-state index contributed by atoms with van der Waals surface area (Å²) in [5.41, 5.74) is 7.74. The SMILES string of the molecule is CC(C)c1ccc(C[C@@H]2CCN(C(=O)[C@H](C)NC(N)=O)C2)cc1. The number of benzene rings is 1. The first-order valence-electron chi connectivity index (χ1n) is 8.30. The second-order valence-electron chi connectivity index (χ2n) is 6.77. The predicted octanol–water partition coefficient (Wildman–Crippen LogP) is 2.26. The number of hydrogen-bond acceptors (Lipinski definition) is 2. The number of nitrogens with zero attached hydrogens (tertiary/aromatic N) is 1. The molecule has 1 saturated heterocycles. The number of primary amides is 1. The van der Waals surface area contributed by atoms with Crippen LogP contribution >= 0.6 is 0 Å². The van der Waals surface area contributed by atoms with Gasteiger partial charge in [-0.25, -0.2) is 4.79 Å². The minimum absolute atomic E-state index is 0.0542. The van der Waals surface area contributed by atoms with Crippen LogP contribution in [0.25, 0.3) is 0 Å². The van der Waals surface area contributed by atoms with E-state index in [4.69, 9.17) is 5.73 Å². The Balaban J connectivity index is 1.87. The fourth-order valence-electron chi connectivity index (χ4n) is 3.12. The van der Waals surface area contributed by atoms with E-state index in [-0.39, 0.29) is 5.91 Å². The van der Waals surface area contributed by atoms with E-state index >= 15 is 0 Å². The zero-order chi connectivity index (χ0) is 17.0. The van der Waals surface area contributed by atoms with Gasteiger partial charge in [0.2, 0.25) is 5.91 Å². The van der Waals surface area contributed by atoms with Gasteiger partial charge < -0.3 is 16.0 Å². The Bertz CT molecular complexity index is 554. The maximum Gasteiger partial charge on any atom is 0.312 e. The lowest BCUT2D eigenvalue weighted by Gasteiger charge is -2.21. The van der Waals surface area contributed by atoms with Gasteiger partial charge in [0.15, 0.2) is 0 Å². The molecule has 5 nitrogen and oxygen atoms in total. The predicted molar refractivity (Wildman–Crippen MR) is 91.1 cm³/mol. The highest BCUT2D eigenvalue weighted by atomic mass is 16.2. The second-order valence-corrected chi connectivity index (χ2v) is 6.77. The summed E-state index contributed by atoms with van der Waals surface area (Å²) < 4.78 is 0. The van der Waals surface area contributed by atoms with Gasteiger partial charge >= 0.3 is 6.03 Å². The van der Waals surface area contributed by atoms with Gasteiger partial charge in [-0.05, 0) is 42.7 Å². The number of urea groups is 1. The van der Waals surface area contributed by atoms with Crippen LogP contribution in [0.1, 0.15) is 44.2 Å². The van der Waals surface area contributed by atoms with Gasteiger partial charge in [-0.3, -0.25) is 4.79 Å². The molecule has 2 rings (SSSR count). The highest BCUT2D eigenvalue weighted by Gasteiger charge is 2.29. The molecule has 0 aliphatic carbocycles. The van der Waals surface area contributed by atoms with E-state index in [1.807, 2.05) is 4.90 Å². The van der Waals surface area contributed by atoms with E-state index in [1.54, 1.807) is 6.92 Å². The molecule has 126 valence electrons. The van der Waals surface area contributed by atoms with Crippen LogP contribution in [-0.2, 0) is 11.2 Å². The van der Waals surface area contributed by atoms with Gasteiger partial charge in [0.05, 0.1) is 0 Å². The van der Waals surface area contributed by atoms with Crippen molar-refractivity contribution in [1.82, 2.24) is 10.2 Å². The van der Waals surface area contributed by atoms with E-state index in [0.717, 1.165) is 25.9 Å². The molecule has 1 aromatic rings. The van der Waals surface area contributed by atoms with Crippen molar-refractivity contribution >= 4 is 11.9 Å². The molecule has 1 aromatic carbocycles. The molecule has 23 heavy (non-hydrogen) atoms. The Morgan fingerprint density at radius 3 is 2.48 bits per heavy atom. The van der Waals surface area contributed by atoms with E-state index in [0.29, 0.717) is 11.8 Å². The van der Waals surface area contributed by atoms with E-state index in [9.17, 15) is 9.59 Å². The summed E-state index contributed by atoms with van der Waals surface area (Å²) in [6, 6.07) is 7.55. The summed E-state index contributed by atoms with van der Waals surface area (Å²) in [7, 11) is 0. The Morgan fingerprint density at radius 2 is 1.91 bits per heavy atom. The highest BCUT2D eigenvalue weighted by molar-refractivity contribution is 5.86. The minimum atomic E-state index is -0.660. The standard InChI is InChI=1S/C18H27N3O2/c1-12(2)16-6-4-14(5-7-16)10-15-8-9-21(11-15)17(22)13(3)20-18(19)23/h4-7,12-13,15H,8-11H2,1-3H3,(H3,19,20,23)/t13-,15-/m0/s1. The maximum absolute atomic E-state index is 12.3. The molecule has 0 radical (unpaired) electrons. The third kappa shape index (κ3) is 4.71. The summed E-state index contributed by atoms with van der Waals surface area (Å²) in [5, 5.41) is 2.45. The molecule has 1 aliphatic rings. The van der Waals surface area contributed by atoms with Crippen molar-refractivity contribution < 1.29 is 9.59 Å². The van der Waals surface area contributed by atoms with E-state index in [2.05, 4.69) is 43.4 Å². The number of rotatable bonds is 5. The Hall–Kier alpha value is -2.04. The van der Waals surface area contributed by atoms with Crippen molar-refractivity contribution in [2.75, 3.05) is 13.1 Å². The second kappa shape index (κ2) is 7.49. The average molecular weight is 317 g/mol. The molecular formula is C18H27N3O2. The topological polar surface area (TPSA) is 75.4 Å². The van der Waals surface area contributed by atoms with Crippen molar-refractivity contribution in [2.45, 2.75) is 45.6 Å². The monoisotopic (exact) mass is 317 g/mol. The number of hydrogen-bond donors (Lipinski definition) is 2. The first-order valence-corrected chi connectivity index (χ1v) is 8.30. The molecule has 3 amide bonds. The molecule has 5 heteroatoms. The molecule has 0 spiro atoms. The summed E-state index contributed by atoms with van der Waals surface area (Å²) >= 11 is 0. The molecule has 1 fully saturated rings. The van der Waals surface area contributed by atoms with Crippen LogP contribution in [0.5, 0.6) is 0 Å².